The van der Waals surface area contributed by atoms with Gasteiger partial charge in [-0.1, -0.05) is 12.1 Å². The van der Waals surface area contributed by atoms with E-state index in [-0.39, 0.29) is 18.0 Å². The van der Waals surface area contributed by atoms with Gasteiger partial charge in [-0.2, -0.15) is 18.4 Å². The van der Waals surface area contributed by atoms with E-state index < -0.39 is 11.9 Å². The first kappa shape index (κ1) is 22.7. The van der Waals surface area contributed by atoms with Crippen LogP contribution in [0.15, 0.2) is 67.3 Å². The molecule has 34 heavy (non-hydrogen) atoms. The summed E-state index contributed by atoms with van der Waals surface area (Å²) < 4.78 is 40.4. The number of carbonyl (C=O) groups is 1. The van der Waals surface area contributed by atoms with Gasteiger partial charge < -0.3 is 9.88 Å². The minimum Gasteiger partial charge on any atom is -0.325 e. The Morgan fingerprint density at radius 2 is 1.76 bits per heavy atom. The second-order valence-corrected chi connectivity index (χ2v) is 7.40. The molecule has 0 aliphatic rings. The molecule has 1 N–H and O–H groups in total. The van der Waals surface area contributed by atoms with Crippen molar-refractivity contribution < 1.29 is 18.0 Å². The summed E-state index contributed by atoms with van der Waals surface area (Å²) >= 11 is 0. The van der Waals surface area contributed by atoms with Gasteiger partial charge >= 0.3 is 6.18 Å². The van der Waals surface area contributed by atoms with Crippen molar-refractivity contribution in [3.63, 3.8) is 0 Å². The predicted octanol–water partition coefficient (Wildman–Crippen LogP) is 4.84. The van der Waals surface area contributed by atoms with Crippen molar-refractivity contribution in [2.45, 2.75) is 19.6 Å². The summed E-state index contributed by atoms with van der Waals surface area (Å²) in [5.41, 5.74) is 2.41. The monoisotopic (exact) mass is 462 g/mol. The first-order valence-corrected chi connectivity index (χ1v) is 10.1. The summed E-state index contributed by atoms with van der Waals surface area (Å²) in [4.78, 5) is 24.3. The van der Waals surface area contributed by atoms with E-state index in [4.69, 9.17) is 5.26 Å². The Labute approximate surface area is 192 Å². The molecule has 10 heteroatoms. The summed E-state index contributed by atoms with van der Waals surface area (Å²) in [6.45, 7) is 1.59. The SMILES string of the molecule is Cc1c(-c2ccnc(C(F)(F)F)c2)ncn1CC(=O)Nc1ccc(-c2ccc(C#N)cc2)cn1. The van der Waals surface area contributed by atoms with E-state index in [0.717, 1.165) is 23.4 Å². The van der Waals surface area contributed by atoms with E-state index in [9.17, 15) is 18.0 Å². The van der Waals surface area contributed by atoms with Crippen LogP contribution in [-0.4, -0.2) is 25.4 Å². The lowest BCUT2D eigenvalue weighted by atomic mass is 10.1. The normalized spacial score (nSPS) is 11.1. The van der Waals surface area contributed by atoms with Gasteiger partial charge in [-0.3, -0.25) is 9.78 Å². The zero-order chi connectivity index (χ0) is 24.3. The first-order chi connectivity index (χ1) is 16.2. The zero-order valence-electron chi connectivity index (χ0n) is 17.8. The number of nitrogens with zero attached hydrogens (tertiary/aromatic N) is 5. The Kier molecular flexibility index (Phi) is 6.10. The molecule has 0 saturated carbocycles. The smallest absolute Gasteiger partial charge is 0.325 e. The molecule has 0 bridgehead atoms. The maximum absolute atomic E-state index is 13.0. The highest BCUT2D eigenvalue weighted by molar-refractivity contribution is 5.90. The fourth-order valence-corrected chi connectivity index (χ4v) is 3.33. The van der Waals surface area contributed by atoms with E-state index in [2.05, 4.69) is 26.3 Å². The average Bonchev–Trinajstić information content (AvgIpc) is 3.19. The molecule has 0 aliphatic heterocycles. The third kappa shape index (κ3) is 4.94. The van der Waals surface area contributed by atoms with Gasteiger partial charge in [0, 0.05) is 29.2 Å². The molecule has 4 rings (SSSR count). The minimum atomic E-state index is -4.56. The van der Waals surface area contributed by atoms with Gasteiger partial charge in [-0.15, -0.1) is 0 Å². The standard InChI is InChI=1S/C24H17F3N6O/c1-15-23(18-8-9-29-20(10-18)24(25,26)27)31-14-33(15)13-22(34)32-21-7-6-19(12-30-21)17-4-2-16(11-28)3-5-17/h2-10,12,14H,13H2,1H3,(H,30,32,34). The molecule has 3 aromatic heterocycles. The number of nitriles is 1. The second kappa shape index (κ2) is 9.15. The van der Waals surface area contributed by atoms with Crippen molar-refractivity contribution in [3.05, 3.63) is 84.2 Å². The number of aromatic nitrogens is 4. The molecular weight excluding hydrogens is 445 g/mol. The third-order valence-corrected chi connectivity index (χ3v) is 5.12. The number of halogens is 3. The largest absolute Gasteiger partial charge is 0.433 e. The molecule has 0 unspecified atom stereocenters. The lowest BCUT2D eigenvalue weighted by Gasteiger charge is -2.09. The summed E-state index contributed by atoms with van der Waals surface area (Å²) in [6, 6.07) is 14.9. The third-order valence-electron chi connectivity index (χ3n) is 5.12. The number of hydrogen-bond donors (Lipinski definition) is 1. The van der Waals surface area contributed by atoms with Gasteiger partial charge in [0.15, 0.2) is 0 Å². The molecule has 0 atom stereocenters. The molecule has 170 valence electrons. The van der Waals surface area contributed by atoms with Crippen molar-refractivity contribution in [1.82, 2.24) is 19.5 Å². The molecule has 1 amide bonds. The number of hydrogen-bond acceptors (Lipinski definition) is 5. The molecule has 0 saturated heterocycles. The minimum absolute atomic E-state index is 0.0882. The van der Waals surface area contributed by atoms with Gasteiger partial charge in [0.1, 0.15) is 18.1 Å². The van der Waals surface area contributed by atoms with E-state index in [1.54, 1.807) is 42.0 Å². The zero-order valence-corrected chi connectivity index (χ0v) is 17.8. The van der Waals surface area contributed by atoms with Crippen LogP contribution >= 0.6 is 0 Å². The molecule has 0 aliphatic carbocycles. The highest BCUT2D eigenvalue weighted by Crippen LogP contribution is 2.31. The number of imidazole rings is 1. The van der Waals surface area contributed by atoms with E-state index in [1.165, 1.54) is 12.4 Å². The van der Waals surface area contributed by atoms with Gasteiger partial charge in [-0.05, 0) is 48.9 Å². The topological polar surface area (TPSA) is 96.5 Å². The average molecular weight is 462 g/mol. The quantitative estimate of drug-likeness (QED) is 0.458. The van der Waals surface area contributed by atoms with Crippen molar-refractivity contribution in [1.29, 1.82) is 5.26 Å². The Morgan fingerprint density at radius 3 is 2.41 bits per heavy atom. The molecule has 0 fully saturated rings. The molecule has 0 radical (unpaired) electrons. The number of benzene rings is 1. The number of pyridine rings is 2. The summed E-state index contributed by atoms with van der Waals surface area (Å²) in [6.07, 6.45) is -0.468. The van der Waals surface area contributed by atoms with Crippen LogP contribution in [0.2, 0.25) is 0 Å². The van der Waals surface area contributed by atoms with Crippen LogP contribution in [0.4, 0.5) is 19.0 Å². The van der Waals surface area contributed by atoms with Crippen LogP contribution < -0.4 is 5.32 Å². The highest BCUT2D eigenvalue weighted by Gasteiger charge is 2.32. The van der Waals surface area contributed by atoms with E-state index >= 15 is 0 Å². The van der Waals surface area contributed by atoms with Crippen LogP contribution in [0.1, 0.15) is 17.0 Å². The molecule has 3 heterocycles. The second-order valence-electron chi connectivity index (χ2n) is 7.40. The van der Waals surface area contributed by atoms with Gasteiger partial charge in [0.05, 0.1) is 23.7 Å². The van der Waals surface area contributed by atoms with Crippen LogP contribution in [0.25, 0.3) is 22.4 Å². The lowest BCUT2D eigenvalue weighted by Crippen LogP contribution is -2.19. The summed E-state index contributed by atoms with van der Waals surface area (Å²) in [7, 11) is 0. The maximum Gasteiger partial charge on any atom is 0.433 e. The van der Waals surface area contributed by atoms with Crippen molar-refractivity contribution >= 4 is 11.7 Å². The number of carbonyl (C=O) groups excluding carboxylic acids is 1. The predicted molar refractivity (Wildman–Crippen MR) is 118 cm³/mol. The maximum atomic E-state index is 13.0. The first-order valence-electron chi connectivity index (χ1n) is 10.1. The number of nitrogens with one attached hydrogen (secondary N) is 1. The fraction of sp³-hybridized carbons (Fsp3) is 0.125. The number of anilines is 1. The lowest BCUT2D eigenvalue weighted by molar-refractivity contribution is -0.141. The van der Waals surface area contributed by atoms with Crippen molar-refractivity contribution in [3.8, 4) is 28.5 Å². The summed E-state index contributed by atoms with van der Waals surface area (Å²) in [5, 5.41) is 11.6. The summed E-state index contributed by atoms with van der Waals surface area (Å²) in [5.74, 6) is -0.0132. The molecule has 0 spiro atoms. The van der Waals surface area contributed by atoms with Gasteiger partial charge in [0.2, 0.25) is 5.91 Å². The van der Waals surface area contributed by atoms with Crippen molar-refractivity contribution in [2.75, 3.05) is 5.32 Å². The van der Waals surface area contributed by atoms with Crippen LogP contribution in [0.3, 0.4) is 0 Å². The van der Waals surface area contributed by atoms with Gasteiger partial charge in [-0.25, -0.2) is 9.97 Å². The molecule has 7 nitrogen and oxygen atoms in total. The number of amides is 1. The van der Waals surface area contributed by atoms with E-state index in [1.807, 2.05) is 12.1 Å². The van der Waals surface area contributed by atoms with Crippen molar-refractivity contribution in [2.24, 2.45) is 0 Å². The Balaban J connectivity index is 1.44. The molecular formula is C24H17F3N6O. The van der Waals surface area contributed by atoms with Crippen LogP contribution in [0, 0.1) is 18.3 Å². The van der Waals surface area contributed by atoms with Crippen LogP contribution in [0.5, 0.6) is 0 Å². The Hall–Kier alpha value is -4.52. The molecule has 1 aromatic carbocycles. The Morgan fingerprint density at radius 1 is 1.03 bits per heavy atom. The number of alkyl halides is 3. The van der Waals surface area contributed by atoms with E-state index in [0.29, 0.717) is 22.8 Å². The van der Waals surface area contributed by atoms with Crippen LogP contribution in [-0.2, 0) is 17.5 Å². The number of rotatable bonds is 5. The fourth-order valence-electron chi connectivity index (χ4n) is 3.33. The molecule has 4 aromatic rings. The highest BCUT2D eigenvalue weighted by atomic mass is 19.4. The Bertz CT molecular complexity index is 1370. The van der Waals surface area contributed by atoms with Gasteiger partial charge in [0.25, 0.3) is 0 Å².